The summed E-state index contributed by atoms with van der Waals surface area (Å²) in [5.74, 6) is 2.96. The maximum Gasteiger partial charge on any atom is 0.220 e. The van der Waals surface area contributed by atoms with Gasteiger partial charge >= 0.3 is 0 Å². The highest BCUT2D eigenvalue weighted by Crippen LogP contribution is 2.39. The second-order valence-corrected chi connectivity index (χ2v) is 9.71. The van der Waals surface area contributed by atoms with E-state index in [-0.39, 0.29) is 17.9 Å². The summed E-state index contributed by atoms with van der Waals surface area (Å²) >= 11 is 0. The van der Waals surface area contributed by atoms with Gasteiger partial charge in [0.05, 0.1) is 23.1 Å². The molecule has 2 fully saturated rings. The molecule has 0 bridgehead atoms. The number of amides is 1. The molecule has 1 N–H and O–H groups in total. The zero-order valence-corrected chi connectivity index (χ0v) is 19.6. The third-order valence-electron chi connectivity index (χ3n) is 6.79. The summed E-state index contributed by atoms with van der Waals surface area (Å²) in [6.45, 7) is 7.78. The minimum absolute atomic E-state index is 0.156. The van der Waals surface area contributed by atoms with E-state index in [1.807, 2.05) is 19.2 Å². The standard InChI is InChI=1S/C25H36N4O3/c1-16(2)25-27-15-21(22-13-17(3)29-32-22)24(28-25)19-8-6-18(7-9-19)14-26-23(30)11-10-20-5-4-12-31-20/h13,15-16,18-20H,4-12,14H2,1-3H3,(H,26,30)/t18?,19?,20-/m1/s1. The maximum absolute atomic E-state index is 12.2. The van der Waals surface area contributed by atoms with E-state index in [2.05, 4.69) is 29.3 Å². The molecule has 32 heavy (non-hydrogen) atoms. The molecule has 0 radical (unpaired) electrons. The molecule has 0 unspecified atom stereocenters. The number of carbonyl (C=O) groups is 1. The Bertz CT molecular complexity index is 896. The van der Waals surface area contributed by atoms with Gasteiger partial charge in [0.25, 0.3) is 0 Å². The Hall–Kier alpha value is -2.28. The molecule has 2 aromatic rings. The van der Waals surface area contributed by atoms with Crippen molar-refractivity contribution in [2.45, 2.75) is 90.1 Å². The number of rotatable bonds is 8. The number of nitrogens with zero attached hydrogens (tertiary/aromatic N) is 3. The van der Waals surface area contributed by atoms with Gasteiger partial charge in [-0.15, -0.1) is 0 Å². The van der Waals surface area contributed by atoms with Crippen molar-refractivity contribution in [3.05, 3.63) is 29.5 Å². The molecular weight excluding hydrogens is 404 g/mol. The van der Waals surface area contributed by atoms with Crippen molar-refractivity contribution in [2.24, 2.45) is 5.92 Å². The number of ether oxygens (including phenoxy) is 1. The predicted molar refractivity (Wildman–Crippen MR) is 122 cm³/mol. The molecule has 1 aliphatic heterocycles. The Labute approximate surface area is 190 Å². The first-order chi connectivity index (χ1) is 15.5. The van der Waals surface area contributed by atoms with Gasteiger partial charge in [-0.1, -0.05) is 19.0 Å². The Morgan fingerprint density at radius 3 is 2.69 bits per heavy atom. The Balaban J connectivity index is 1.33. The minimum Gasteiger partial charge on any atom is -0.378 e. The Morgan fingerprint density at radius 2 is 2.03 bits per heavy atom. The van der Waals surface area contributed by atoms with Crippen LogP contribution in [0, 0.1) is 12.8 Å². The molecule has 2 aliphatic rings. The van der Waals surface area contributed by atoms with Crippen LogP contribution in [-0.4, -0.2) is 40.3 Å². The third kappa shape index (κ3) is 5.74. The normalized spacial score (nSPS) is 23.6. The van der Waals surface area contributed by atoms with Crippen molar-refractivity contribution in [1.82, 2.24) is 20.4 Å². The van der Waals surface area contributed by atoms with Crippen molar-refractivity contribution in [3.8, 4) is 11.3 Å². The minimum atomic E-state index is 0.156. The van der Waals surface area contributed by atoms with Gasteiger partial charge in [0.2, 0.25) is 5.91 Å². The van der Waals surface area contributed by atoms with Crippen LogP contribution in [0.25, 0.3) is 11.3 Å². The smallest absolute Gasteiger partial charge is 0.220 e. The van der Waals surface area contributed by atoms with Crippen LogP contribution in [0.1, 0.15) is 94.3 Å². The predicted octanol–water partition coefficient (Wildman–Crippen LogP) is 4.91. The summed E-state index contributed by atoms with van der Waals surface area (Å²) in [4.78, 5) is 21.8. The molecule has 1 saturated carbocycles. The molecule has 7 heteroatoms. The molecule has 7 nitrogen and oxygen atoms in total. The largest absolute Gasteiger partial charge is 0.378 e. The van der Waals surface area contributed by atoms with E-state index in [9.17, 15) is 4.79 Å². The number of aryl methyl sites for hydroxylation is 1. The first-order valence-corrected chi connectivity index (χ1v) is 12.2. The lowest BCUT2D eigenvalue weighted by atomic mass is 9.79. The third-order valence-corrected chi connectivity index (χ3v) is 6.79. The first kappa shape index (κ1) is 22.9. The molecule has 1 amide bonds. The second kappa shape index (κ2) is 10.6. The van der Waals surface area contributed by atoms with E-state index >= 15 is 0 Å². The van der Waals surface area contributed by atoms with E-state index in [1.54, 1.807) is 0 Å². The Kier molecular flexibility index (Phi) is 7.55. The lowest BCUT2D eigenvalue weighted by Crippen LogP contribution is -2.31. The lowest BCUT2D eigenvalue weighted by molar-refractivity contribution is -0.121. The Morgan fingerprint density at radius 1 is 1.22 bits per heavy atom. The topological polar surface area (TPSA) is 90.1 Å². The van der Waals surface area contributed by atoms with Crippen LogP contribution in [-0.2, 0) is 9.53 Å². The summed E-state index contributed by atoms with van der Waals surface area (Å²) in [5, 5.41) is 7.20. The maximum atomic E-state index is 12.2. The van der Waals surface area contributed by atoms with Gasteiger partial charge in [0, 0.05) is 43.7 Å². The van der Waals surface area contributed by atoms with Gasteiger partial charge in [-0.2, -0.15) is 0 Å². The molecule has 0 aromatic carbocycles. The van der Waals surface area contributed by atoms with Crippen LogP contribution in [0.4, 0.5) is 0 Å². The number of carbonyl (C=O) groups excluding carboxylic acids is 1. The van der Waals surface area contributed by atoms with E-state index in [0.29, 0.717) is 18.3 Å². The van der Waals surface area contributed by atoms with Crippen LogP contribution in [0.5, 0.6) is 0 Å². The molecule has 2 aromatic heterocycles. The SMILES string of the molecule is Cc1cc(-c2cnc(C(C)C)nc2C2CCC(CNC(=O)CC[C@H]3CCCO3)CC2)on1. The van der Waals surface area contributed by atoms with E-state index < -0.39 is 0 Å². The zero-order valence-electron chi connectivity index (χ0n) is 19.6. The van der Waals surface area contributed by atoms with Crippen LogP contribution in [0.2, 0.25) is 0 Å². The summed E-state index contributed by atoms with van der Waals surface area (Å²) in [6.07, 6.45) is 10.1. The highest BCUT2D eigenvalue weighted by molar-refractivity contribution is 5.75. The van der Waals surface area contributed by atoms with Gasteiger partial charge < -0.3 is 14.6 Å². The van der Waals surface area contributed by atoms with Gasteiger partial charge in [-0.25, -0.2) is 9.97 Å². The van der Waals surface area contributed by atoms with Gasteiger partial charge in [0.15, 0.2) is 5.76 Å². The molecule has 0 spiro atoms. The highest BCUT2D eigenvalue weighted by Gasteiger charge is 2.28. The summed E-state index contributed by atoms with van der Waals surface area (Å²) in [5.41, 5.74) is 2.90. The van der Waals surface area contributed by atoms with Gasteiger partial charge in [0.1, 0.15) is 5.82 Å². The fourth-order valence-electron chi connectivity index (χ4n) is 4.83. The summed E-state index contributed by atoms with van der Waals surface area (Å²) in [7, 11) is 0. The zero-order chi connectivity index (χ0) is 22.5. The quantitative estimate of drug-likeness (QED) is 0.627. The molecular formula is C25H36N4O3. The van der Waals surface area contributed by atoms with Crippen molar-refractivity contribution in [3.63, 3.8) is 0 Å². The van der Waals surface area contributed by atoms with Crippen LogP contribution in [0.3, 0.4) is 0 Å². The fourth-order valence-corrected chi connectivity index (χ4v) is 4.83. The molecule has 174 valence electrons. The van der Waals surface area contributed by atoms with Crippen LogP contribution in [0.15, 0.2) is 16.8 Å². The monoisotopic (exact) mass is 440 g/mol. The van der Waals surface area contributed by atoms with Crippen molar-refractivity contribution in [1.29, 1.82) is 0 Å². The average Bonchev–Trinajstić information content (AvgIpc) is 3.48. The molecule has 1 atom stereocenters. The first-order valence-electron chi connectivity index (χ1n) is 12.2. The number of hydrogen-bond acceptors (Lipinski definition) is 6. The van der Waals surface area contributed by atoms with Crippen LogP contribution < -0.4 is 5.32 Å². The molecule has 1 saturated heterocycles. The van der Waals surface area contributed by atoms with E-state index in [1.165, 1.54) is 0 Å². The molecule has 4 rings (SSSR count). The van der Waals surface area contributed by atoms with E-state index in [0.717, 1.165) is 86.6 Å². The highest BCUT2D eigenvalue weighted by atomic mass is 16.5. The number of aromatic nitrogens is 3. The number of nitrogens with one attached hydrogen (secondary N) is 1. The molecule has 1 aliphatic carbocycles. The van der Waals surface area contributed by atoms with Crippen molar-refractivity contribution >= 4 is 5.91 Å². The van der Waals surface area contributed by atoms with E-state index in [4.69, 9.17) is 14.2 Å². The average molecular weight is 441 g/mol. The molecule has 3 heterocycles. The van der Waals surface area contributed by atoms with Gasteiger partial charge in [-0.05, 0) is 57.8 Å². The lowest BCUT2D eigenvalue weighted by Gasteiger charge is -2.29. The van der Waals surface area contributed by atoms with Crippen molar-refractivity contribution in [2.75, 3.05) is 13.2 Å². The second-order valence-electron chi connectivity index (χ2n) is 9.71. The number of hydrogen-bond donors (Lipinski definition) is 1. The van der Waals surface area contributed by atoms with Gasteiger partial charge in [-0.3, -0.25) is 4.79 Å². The summed E-state index contributed by atoms with van der Waals surface area (Å²) in [6, 6.07) is 1.95. The summed E-state index contributed by atoms with van der Waals surface area (Å²) < 4.78 is 11.2. The van der Waals surface area contributed by atoms with Crippen LogP contribution >= 0.6 is 0 Å². The van der Waals surface area contributed by atoms with Crippen molar-refractivity contribution < 1.29 is 14.1 Å². The fraction of sp³-hybridized carbons (Fsp3) is 0.680.